The summed E-state index contributed by atoms with van der Waals surface area (Å²) in [6.07, 6.45) is -5.61. The first-order valence-electron chi connectivity index (χ1n) is 6.90. The second kappa shape index (κ2) is 6.26. The molecule has 0 saturated carbocycles. The van der Waals surface area contributed by atoms with Crippen LogP contribution in [0.25, 0.3) is 11.0 Å². The molecule has 1 aromatic carbocycles. The Labute approximate surface area is 133 Å². The second-order valence-electron chi connectivity index (χ2n) is 5.25. The van der Waals surface area contributed by atoms with Crippen molar-refractivity contribution in [3.63, 3.8) is 0 Å². The lowest BCUT2D eigenvalue weighted by atomic mass is 9.96. The molecule has 0 radical (unpaired) electrons. The summed E-state index contributed by atoms with van der Waals surface area (Å²) < 4.78 is 9.54. The van der Waals surface area contributed by atoms with E-state index in [0.717, 1.165) is 6.07 Å². The van der Waals surface area contributed by atoms with E-state index in [9.17, 15) is 25.4 Å². The van der Waals surface area contributed by atoms with E-state index in [-0.39, 0.29) is 22.4 Å². The Kier molecular flexibility index (Phi) is 4.29. The molecular weight excluding hydrogens is 328 g/mol. The fourth-order valence-electron chi connectivity index (χ4n) is 2.55. The van der Waals surface area contributed by atoms with E-state index in [1.54, 1.807) is 0 Å². The van der Waals surface area contributed by atoms with E-state index >= 15 is 0 Å². The van der Waals surface area contributed by atoms with Crippen LogP contribution in [0.5, 0.6) is 0 Å². The molecule has 0 spiro atoms. The summed E-state index contributed by atoms with van der Waals surface area (Å²) in [4.78, 5) is 10.3. The topological polar surface area (TPSA) is 184 Å². The number of aromatic nitrogens is 2. The van der Waals surface area contributed by atoms with Gasteiger partial charge in [0.2, 0.25) is 5.52 Å². The van der Waals surface area contributed by atoms with Gasteiger partial charge in [0.15, 0.2) is 11.8 Å². The number of fused-ring (bicyclic) bond motifs is 1. The number of hydrogen-bond acceptors (Lipinski definition) is 11. The van der Waals surface area contributed by atoms with Crippen molar-refractivity contribution < 1.29 is 34.7 Å². The van der Waals surface area contributed by atoms with Gasteiger partial charge in [-0.05, 0) is 16.4 Å². The number of aliphatic hydroxyl groups excluding tert-OH is 4. The number of nitro benzene ring substituents is 1. The van der Waals surface area contributed by atoms with Gasteiger partial charge in [0.05, 0.1) is 17.2 Å². The standard InChI is InChI=1S/C12H14N4O8/c17-3-6-10(18)11(19)9(12(20)23-6)13-4-1-2-5(16(21)22)8-7(4)14-24-15-8/h1-2,6,9-13,17-20H,3H2/t6?,9?,10-,11?,12+/m1/s1. The lowest BCUT2D eigenvalue weighted by Crippen LogP contribution is -2.61. The van der Waals surface area contributed by atoms with Crippen molar-refractivity contribution in [1.29, 1.82) is 0 Å². The molecule has 1 fully saturated rings. The monoisotopic (exact) mass is 342 g/mol. The Morgan fingerprint density at radius 1 is 1.21 bits per heavy atom. The molecule has 1 aliphatic rings. The van der Waals surface area contributed by atoms with E-state index in [2.05, 4.69) is 20.3 Å². The number of non-ortho nitro benzene ring substituents is 1. The van der Waals surface area contributed by atoms with Crippen LogP contribution in [0.15, 0.2) is 16.8 Å². The minimum Gasteiger partial charge on any atom is -0.394 e. The van der Waals surface area contributed by atoms with Crippen molar-refractivity contribution >= 4 is 22.4 Å². The van der Waals surface area contributed by atoms with Crippen LogP contribution < -0.4 is 5.32 Å². The summed E-state index contributed by atoms with van der Waals surface area (Å²) in [5, 5.41) is 59.7. The molecular formula is C12H14N4O8. The minimum absolute atomic E-state index is 0.0161. The molecule has 24 heavy (non-hydrogen) atoms. The summed E-state index contributed by atoms with van der Waals surface area (Å²) in [6.45, 7) is -0.586. The van der Waals surface area contributed by atoms with Gasteiger partial charge in [-0.15, -0.1) is 0 Å². The Hall–Kier alpha value is -2.38. The number of nitrogens with zero attached hydrogens (tertiary/aromatic N) is 3. The fourth-order valence-corrected chi connectivity index (χ4v) is 2.55. The quantitative estimate of drug-likeness (QED) is 0.316. The largest absolute Gasteiger partial charge is 0.394 e. The number of nitro groups is 1. The lowest BCUT2D eigenvalue weighted by Gasteiger charge is -2.40. The SMILES string of the molecule is O=[N+]([O-])c1ccc(NC2C(O)[C@H](O)C(CO)O[C@@H]2O)c2nonc12. The maximum Gasteiger partial charge on any atom is 0.300 e. The van der Waals surface area contributed by atoms with E-state index in [1.165, 1.54) is 6.07 Å². The van der Waals surface area contributed by atoms with Gasteiger partial charge in [0.1, 0.15) is 24.4 Å². The third kappa shape index (κ3) is 2.65. The highest BCUT2D eigenvalue weighted by Gasteiger charge is 2.44. The summed E-state index contributed by atoms with van der Waals surface area (Å²) in [7, 11) is 0. The highest BCUT2D eigenvalue weighted by atomic mass is 16.6. The van der Waals surface area contributed by atoms with Gasteiger partial charge in [0.25, 0.3) is 0 Å². The molecule has 12 heteroatoms. The highest BCUT2D eigenvalue weighted by Crippen LogP contribution is 2.31. The maximum atomic E-state index is 10.9. The molecule has 1 aliphatic heterocycles. The molecule has 1 saturated heterocycles. The van der Waals surface area contributed by atoms with Crippen molar-refractivity contribution in [1.82, 2.24) is 10.3 Å². The first kappa shape index (κ1) is 16.5. The molecule has 130 valence electrons. The molecule has 2 heterocycles. The lowest BCUT2D eigenvalue weighted by molar-refractivity contribution is -0.383. The smallest absolute Gasteiger partial charge is 0.300 e. The van der Waals surface area contributed by atoms with Crippen LogP contribution >= 0.6 is 0 Å². The number of hydrogen-bond donors (Lipinski definition) is 5. The van der Waals surface area contributed by atoms with Crippen LogP contribution in [-0.4, -0.2) is 72.9 Å². The van der Waals surface area contributed by atoms with Gasteiger partial charge in [-0.3, -0.25) is 10.1 Å². The first-order chi connectivity index (χ1) is 11.4. The van der Waals surface area contributed by atoms with E-state index < -0.39 is 42.2 Å². The van der Waals surface area contributed by atoms with Gasteiger partial charge in [-0.2, -0.15) is 0 Å². The number of nitrogens with one attached hydrogen (secondary N) is 1. The van der Waals surface area contributed by atoms with Crippen LogP contribution in [0.2, 0.25) is 0 Å². The molecule has 5 N–H and O–H groups in total. The number of benzene rings is 1. The third-order valence-corrected chi connectivity index (χ3v) is 3.81. The van der Waals surface area contributed by atoms with E-state index in [1.807, 2.05) is 0 Å². The maximum absolute atomic E-state index is 10.9. The second-order valence-corrected chi connectivity index (χ2v) is 5.25. The summed E-state index contributed by atoms with van der Waals surface area (Å²) >= 11 is 0. The van der Waals surface area contributed by atoms with Gasteiger partial charge >= 0.3 is 5.69 Å². The van der Waals surface area contributed by atoms with E-state index in [0.29, 0.717) is 0 Å². The Morgan fingerprint density at radius 3 is 2.58 bits per heavy atom. The molecule has 3 rings (SSSR count). The highest BCUT2D eigenvalue weighted by molar-refractivity contribution is 5.93. The van der Waals surface area contributed by atoms with Crippen LogP contribution in [0.1, 0.15) is 0 Å². The average molecular weight is 342 g/mol. The Morgan fingerprint density at radius 2 is 1.92 bits per heavy atom. The zero-order chi connectivity index (χ0) is 17.4. The van der Waals surface area contributed by atoms with Crippen LogP contribution in [-0.2, 0) is 4.74 Å². The van der Waals surface area contributed by atoms with Crippen molar-refractivity contribution in [2.75, 3.05) is 11.9 Å². The van der Waals surface area contributed by atoms with E-state index in [4.69, 9.17) is 9.84 Å². The molecule has 3 unspecified atom stereocenters. The van der Waals surface area contributed by atoms with Gasteiger partial charge in [-0.1, -0.05) is 0 Å². The summed E-state index contributed by atoms with van der Waals surface area (Å²) in [5.74, 6) is 0. The Balaban J connectivity index is 1.91. The van der Waals surface area contributed by atoms with Gasteiger partial charge in [-0.25, -0.2) is 4.63 Å². The van der Waals surface area contributed by atoms with Crippen molar-refractivity contribution in [3.05, 3.63) is 22.2 Å². The first-order valence-corrected chi connectivity index (χ1v) is 6.90. The third-order valence-electron chi connectivity index (χ3n) is 3.81. The number of ether oxygens (including phenoxy) is 1. The summed E-state index contributed by atoms with van der Waals surface area (Å²) in [6, 6.07) is 1.28. The molecule has 5 atom stereocenters. The van der Waals surface area contributed by atoms with Crippen molar-refractivity contribution in [2.45, 2.75) is 30.6 Å². The number of anilines is 1. The van der Waals surface area contributed by atoms with Crippen LogP contribution in [0.3, 0.4) is 0 Å². The zero-order valence-corrected chi connectivity index (χ0v) is 12.0. The number of rotatable bonds is 4. The van der Waals surface area contributed by atoms with Crippen LogP contribution in [0, 0.1) is 10.1 Å². The van der Waals surface area contributed by atoms with Gasteiger partial charge in [0, 0.05) is 6.07 Å². The molecule has 2 aromatic rings. The average Bonchev–Trinajstić information content (AvgIpc) is 3.04. The van der Waals surface area contributed by atoms with Crippen LogP contribution in [0.4, 0.5) is 11.4 Å². The molecule has 1 aromatic heterocycles. The fraction of sp³-hybridized carbons (Fsp3) is 0.500. The van der Waals surface area contributed by atoms with Gasteiger partial charge < -0.3 is 30.5 Å². The summed E-state index contributed by atoms with van der Waals surface area (Å²) in [5.41, 5.74) is -0.238. The normalized spacial score (nSPS) is 30.4. The van der Waals surface area contributed by atoms with Crippen molar-refractivity contribution in [3.8, 4) is 0 Å². The van der Waals surface area contributed by atoms with Crippen molar-refractivity contribution in [2.24, 2.45) is 0 Å². The number of aliphatic hydroxyl groups is 4. The molecule has 12 nitrogen and oxygen atoms in total. The molecule has 0 aliphatic carbocycles. The zero-order valence-electron chi connectivity index (χ0n) is 12.0. The molecule has 0 amide bonds. The molecule has 0 bridgehead atoms. The Bertz CT molecular complexity index is 752. The predicted molar refractivity (Wildman–Crippen MR) is 75.8 cm³/mol. The predicted octanol–water partition coefficient (Wildman–Crippen LogP) is -1.66. The minimum atomic E-state index is -1.55.